The SMILES string of the molecule is CC(CCc1ccccc1)NC(=O)c1cc(-c2ccccc2)n[nH]1. The largest absolute Gasteiger partial charge is 0.348 e. The fraction of sp³-hybridized carbons (Fsp3) is 0.200. The number of nitrogens with zero attached hydrogens (tertiary/aromatic N) is 1. The predicted octanol–water partition coefficient (Wildman–Crippen LogP) is 3.83. The lowest BCUT2D eigenvalue weighted by Gasteiger charge is -2.13. The van der Waals surface area contributed by atoms with Crippen LogP contribution < -0.4 is 5.32 Å². The normalized spacial score (nSPS) is 11.9. The Morgan fingerprint density at radius 2 is 1.75 bits per heavy atom. The second kappa shape index (κ2) is 7.59. The standard InChI is InChI=1S/C20H21N3O/c1-15(12-13-16-8-4-2-5-9-16)21-20(24)19-14-18(22-23-19)17-10-6-3-7-11-17/h2-11,14-15H,12-13H2,1H3,(H,21,24)(H,22,23). The van der Waals surface area contributed by atoms with Gasteiger partial charge in [0.25, 0.3) is 5.91 Å². The summed E-state index contributed by atoms with van der Waals surface area (Å²) in [6.07, 6.45) is 1.84. The zero-order chi connectivity index (χ0) is 16.8. The molecule has 0 spiro atoms. The van der Waals surface area contributed by atoms with Gasteiger partial charge in [-0.1, -0.05) is 60.7 Å². The smallest absolute Gasteiger partial charge is 0.269 e. The van der Waals surface area contributed by atoms with Crippen LogP contribution in [0.4, 0.5) is 0 Å². The van der Waals surface area contributed by atoms with Gasteiger partial charge in [0.05, 0.1) is 5.69 Å². The first kappa shape index (κ1) is 16.0. The Bertz CT molecular complexity index is 781. The van der Waals surface area contributed by atoms with Gasteiger partial charge in [-0.15, -0.1) is 0 Å². The highest BCUT2D eigenvalue weighted by molar-refractivity contribution is 5.93. The Kier molecular flexibility index (Phi) is 5.06. The number of rotatable bonds is 6. The highest BCUT2D eigenvalue weighted by Crippen LogP contribution is 2.17. The lowest BCUT2D eigenvalue weighted by Crippen LogP contribution is -2.33. The van der Waals surface area contributed by atoms with Gasteiger partial charge in [-0.05, 0) is 31.4 Å². The minimum Gasteiger partial charge on any atom is -0.348 e. The van der Waals surface area contributed by atoms with Crippen LogP contribution in [0.5, 0.6) is 0 Å². The van der Waals surface area contributed by atoms with Gasteiger partial charge in [0, 0.05) is 11.6 Å². The molecule has 0 fully saturated rings. The van der Waals surface area contributed by atoms with E-state index in [1.54, 1.807) is 6.07 Å². The summed E-state index contributed by atoms with van der Waals surface area (Å²) in [6.45, 7) is 2.02. The van der Waals surface area contributed by atoms with Gasteiger partial charge in [-0.2, -0.15) is 5.10 Å². The van der Waals surface area contributed by atoms with Gasteiger partial charge in [0.1, 0.15) is 5.69 Å². The number of hydrogen-bond donors (Lipinski definition) is 2. The number of carbonyl (C=O) groups excluding carboxylic acids is 1. The Hall–Kier alpha value is -2.88. The molecule has 24 heavy (non-hydrogen) atoms. The molecular formula is C20H21N3O. The summed E-state index contributed by atoms with van der Waals surface area (Å²) in [5.41, 5.74) is 3.54. The Morgan fingerprint density at radius 3 is 2.46 bits per heavy atom. The number of hydrogen-bond acceptors (Lipinski definition) is 2. The fourth-order valence-electron chi connectivity index (χ4n) is 2.60. The molecule has 0 aliphatic rings. The highest BCUT2D eigenvalue weighted by atomic mass is 16.2. The summed E-state index contributed by atoms with van der Waals surface area (Å²) < 4.78 is 0. The quantitative estimate of drug-likeness (QED) is 0.725. The molecule has 4 heteroatoms. The molecule has 0 bridgehead atoms. The van der Waals surface area contributed by atoms with Crippen molar-refractivity contribution in [2.75, 3.05) is 0 Å². The molecule has 1 heterocycles. The summed E-state index contributed by atoms with van der Waals surface area (Å²) in [6, 6.07) is 22.0. The molecule has 0 aliphatic heterocycles. The fourth-order valence-corrected chi connectivity index (χ4v) is 2.60. The summed E-state index contributed by atoms with van der Waals surface area (Å²) in [5, 5.41) is 10.1. The molecule has 0 radical (unpaired) electrons. The number of amides is 1. The van der Waals surface area contributed by atoms with Gasteiger partial charge in [-0.25, -0.2) is 0 Å². The second-order valence-corrected chi connectivity index (χ2v) is 5.93. The van der Waals surface area contributed by atoms with Crippen LogP contribution in [0.15, 0.2) is 66.7 Å². The third kappa shape index (κ3) is 4.10. The van der Waals surface area contributed by atoms with Crippen LogP contribution >= 0.6 is 0 Å². The minimum absolute atomic E-state index is 0.0983. The third-order valence-corrected chi connectivity index (χ3v) is 3.98. The monoisotopic (exact) mass is 319 g/mol. The number of aromatic nitrogens is 2. The third-order valence-electron chi connectivity index (χ3n) is 3.98. The summed E-state index contributed by atoms with van der Waals surface area (Å²) in [4.78, 5) is 12.3. The molecule has 4 nitrogen and oxygen atoms in total. The Morgan fingerprint density at radius 1 is 1.08 bits per heavy atom. The van der Waals surface area contributed by atoms with Crippen LogP contribution in [0.3, 0.4) is 0 Å². The van der Waals surface area contributed by atoms with Crippen molar-refractivity contribution in [1.29, 1.82) is 0 Å². The lowest BCUT2D eigenvalue weighted by molar-refractivity contribution is 0.0933. The van der Waals surface area contributed by atoms with Gasteiger partial charge < -0.3 is 5.32 Å². The van der Waals surface area contributed by atoms with Crippen molar-refractivity contribution in [3.8, 4) is 11.3 Å². The zero-order valence-corrected chi connectivity index (χ0v) is 13.7. The molecule has 3 aromatic rings. The topological polar surface area (TPSA) is 57.8 Å². The van der Waals surface area contributed by atoms with Crippen LogP contribution in [0, 0.1) is 0 Å². The first-order valence-electron chi connectivity index (χ1n) is 8.18. The summed E-state index contributed by atoms with van der Waals surface area (Å²) in [7, 11) is 0. The van der Waals surface area contributed by atoms with E-state index in [2.05, 4.69) is 27.6 Å². The van der Waals surface area contributed by atoms with E-state index in [9.17, 15) is 4.79 Å². The number of aryl methyl sites for hydroxylation is 1. The molecule has 1 amide bonds. The van der Waals surface area contributed by atoms with E-state index >= 15 is 0 Å². The summed E-state index contributed by atoms with van der Waals surface area (Å²) in [5.74, 6) is -0.120. The molecule has 0 aliphatic carbocycles. The van der Waals surface area contributed by atoms with E-state index in [4.69, 9.17) is 0 Å². The van der Waals surface area contributed by atoms with Crippen LogP contribution in [0.2, 0.25) is 0 Å². The predicted molar refractivity (Wildman–Crippen MR) is 95.7 cm³/mol. The molecule has 1 aromatic heterocycles. The highest BCUT2D eigenvalue weighted by Gasteiger charge is 2.13. The molecule has 0 saturated heterocycles. The summed E-state index contributed by atoms with van der Waals surface area (Å²) >= 11 is 0. The van der Waals surface area contributed by atoms with E-state index in [1.165, 1.54) is 5.56 Å². The van der Waals surface area contributed by atoms with Gasteiger partial charge >= 0.3 is 0 Å². The Labute approximate surface area is 141 Å². The van der Waals surface area contributed by atoms with Gasteiger partial charge in [0.2, 0.25) is 0 Å². The maximum Gasteiger partial charge on any atom is 0.269 e. The minimum atomic E-state index is -0.120. The van der Waals surface area contributed by atoms with Crippen molar-refractivity contribution in [2.45, 2.75) is 25.8 Å². The zero-order valence-electron chi connectivity index (χ0n) is 13.7. The van der Waals surface area contributed by atoms with Gasteiger partial charge in [0.15, 0.2) is 0 Å². The number of nitrogens with one attached hydrogen (secondary N) is 2. The number of H-pyrrole nitrogens is 1. The Balaban J connectivity index is 1.56. The van der Waals surface area contributed by atoms with Crippen molar-refractivity contribution in [1.82, 2.24) is 15.5 Å². The maximum atomic E-state index is 12.3. The van der Waals surface area contributed by atoms with E-state index in [1.807, 2.05) is 55.5 Å². The molecule has 2 N–H and O–H groups in total. The number of carbonyl (C=O) groups is 1. The first-order chi connectivity index (χ1) is 11.7. The molecule has 1 unspecified atom stereocenters. The maximum absolute atomic E-state index is 12.3. The van der Waals surface area contributed by atoms with Gasteiger partial charge in [-0.3, -0.25) is 9.89 Å². The van der Waals surface area contributed by atoms with Crippen LogP contribution in [0.25, 0.3) is 11.3 Å². The van der Waals surface area contributed by atoms with Crippen molar-refractivity contribution >= 4 is 5.91 Å². The van der Waals surface area contributed by atoms with E-state index in [0.717, 1.165) is 24.1 Å². The van der Waals surface area contributed by atoms with E-state index < -0.39 is 0 Å². The second-order valence-electron chi connectivity index (χ2n) is 5.93. The van der Waals surface area contributed by atoms with Crippen molar-refractivity contribution < 1.29 is 4.79 Å². The molecule has 122 valence electrons. The number of benzene rings is 2. The van der Waals surface area contributed by atoms with Crippen LogP contribution in [0.1, 0.15) is 29.4 Å². The van der Waals surface area contributed by atoms with Crippen LogP contribution in [-0.2, 0) is 6.42 Å². The van der Waals surface area contributed by atoms with E-state index in [-0.39, 0.29) is 11.9 Å². The van der Waals surface area contributed by atoms with Crippen molar-refractivity contribution in [2.24, 2.45) is 0 Å². The average Bonchev–Trinajstić information content (AvgIpc) is 3.12. The molecule has 3 rings (SSSR count). The molecule has 0 saturated carbocycles. The molecule has 2 aromatic carbocycles. The molecule has 1 atom stereocenters. The average molecular weight is 319 g/mol. The van der Waals surface area contributed by atoms with E-state index in [0.29, 0.717) is 5.69 Å². The van der Waals surface area contributed by atoms with Crippen molar-refractivity contribution in [3.05, 3.63) is 78.0 Å². The lowest BCUT2D eigenvalue weighted by atomic mass is 10.1. The first-order valence-corrected chi connectivity index (χ1v) is 8.18. The number of aromatic amines is 1. The van der Waals surface area contributed by atoms with Crippen molar-refractivity contribution in [3.63, 3.8) is 0 Å². The molecular weight excluding hydrogens is 298 g/mol. The van der Waals surface area contributed by atoms with Crippen LogP contribution in [-0.4, -0.2) is 22.1 Å².